The quantitative estimate of drug-likeness (QED) is 0.465. The normalized spacial score (nSPS) is 12.9. The Morgan fingerprint density at radius 3 is 1.41 bits per heavy atom. The Bertz CT molecular complexity index is 1100. The van der Waals surface area contributed by atoms with Gasteiger partial charge in [-0.1, -0.05) is 66.8 Å². The number of hydrogen-bond donors (Lipinski definition) is 0. The van der Waals surface area contributed by atoms with Crippen molar-refractivity contribution in [1.82, 2.24) is 0 Å². The molecule has 3 aromatic carbocycles. The Balaban J connectivity index is 1.92. The lowest BCUT2D eigenvalue weighted by molar-refractivity contribution is 0.594. The van der Waals surface area contributed by atoms with Gasteiger partial charge in [0, 0.05) is 39.6 Å². The minimum atomic E-state index is -3.57. The Labute approximate surface area is 192 Å². The van der Waals surface area contributed by atoms with E-state index in [9.17, 15) is 8.42 Å². The van der Waals surface area contributed by atoms with Gasteiger partial charge in [0.15, 0.2) is 9.84 Å². The third kappa shape index (κ3) is 5.89. The highest BCUT2D eigenvalue weighted by Crippen LogP contribution is 2.21. The van der Waals surface area contributed by atoms with E-state index in [4.69, 9.17) is 0 Å². The molecule has 32 heavy (non-hydrogen) atoms. The number of hydrogen-bond acceptors (Lipinski definition) is 4. The van der Waals surface area contributed by atoms with Crippen LogP contribution >= 0.6 is 0 Å². The monoisotopic (exact) mass is 446 g/mol. The standard InChI is InChI=1S/C27H30N2O2S/c1-28(2)24-16-10-22(11-17-24)14-20-27(32(30,31)26-8-6-5-7-9-26)21-15-23-12-18-25(19-13-23)29(3)4/h5-21,27H,1-4H3. The number of anilines is 2. The molecular weight excluding hydrogens is 416 g/mol. The largest absolute Gasteiger partial charge is 0.378 e. The molecule has 0 heterocycles. The van der Waals surface area contributed by atoms with Gasteiger partial charge in [0.1, 0.15) is 5.25 Å². The summed E-state index contributed by atoms with van der Waals surface area (Å²) in [6, 6.07) is 24.6. The van der Waals surface area contributed by atoms with E-state index in [2.05, 4.69) is 0 Å². The predicted octanol–water partition coefficient (Wildman–Crippen LogP) is 5.39. The first-order valence-electron chi connectivity index (χ1n) is 10.5. The van der Waals surface area contributed by atoms with Gasteiger partial charge in [-0.25, -0.2) is 8.42 Å². The van der Waals surface area contributed by atoms with Gasteiger partial charge < -0.3 is 9.80 Å². The van der Waals surface area contributed by atoms with Crippen LogP contribution in [0, 0.1) is 0 Å². The summed E-state index contributed by atoms with van der Waals surface area (Å²) in [5.74, 6) is 0. The van der Waals surface area contributed by atoms with E-state index in [0.29, 0.717) is 4.90 Å². The highest BCUT2D eigenvalue weighted by molar-refractivity contribution is 7.92. The highest BCUT2D eigenvalue weighted by atomic mass is 32.2. The Morgan fingerprint density at radius 2 is 1.03 bits per heavy atom. The Morgan fingerprint density at radius 1 is 0.625 bits per heavy atom. The van der Waals surface area contributed by atoms with Crippen molar-refractivity contribution >= 4 is 33.4 Å². The summed E-state index contributed by atoms with van der Waals surface area (Å²) in [7, 11) is 4.38. The third-order valence-electron chi connectivity index (χ3n) is 5.21. The van der Waals surface area contributed by atoms with E-state index >= 15 is 0 Å². The zero-order valence-corrected chi connectivity index (χ0v) is 19.8. The van der Waals surface area contributed by atoms with E-state index in [0.717, 1.165) is 22.5 Å². The molecule has 0 aliphatic heterocycles. The lowest BCUT2D eigenvalue weighted by Gasteiger charge is -2.13. The average Bonchev–Trinajstić information content (AvgIpc) is 2.80. The lowest BCUT2D eigenvalue weighted by Crippen LogP contribution is -2.16. The molecule has 0 saturated carbocycles. The molecule has 0 aromatic heterocycles. The average molecular weight is 447 g/mol. The fourth-order valence-electron chi connectivity index (χ4n) is 3.22. The molecule has 4 nitrogen and oxygen atoms in total. The number of benzene rings is 3. The molecule has 0 fully saturated rings. The van der Waals surface area contributed by atoms with Crippen molar-refractivity contribution in [2.75, 3.05) is 38.0 Å². The van der Waals surface area contributed by atoms with Crippen molar-refractivity contribution in [2.24, 2.45) is 0 Å². The van der Waals surface area contributed by atoms with E-state index < -0.39 is 15.1 Å². The van der Waals surface area contributed by atoms with Crippen molar-refractivity contribution in [1.29, 1.82) is 0 Å². The second-order valence-corrected chi connectivity index (χ2v) is 10.1. The molecule has 0 radical (unpaired) electrons. The summed E-state index contributed by atoms with van der Waals surface area (Å²) in [6.45, 7) is 0. The van der Waals surface area contributed by atoms with Crippen molar-refractivity contribution in [3.63, 3.8) is 0 Å². The fourth-order valence-corrected chi connectivity index (χ4v) is 4.64. The maximum absolute atomic E-state index is 13.3. The van der Waals surface area contributed by atoms with Gasteiger partial charge in [0.2, 0.25) is 0 Å². The first-order valence-corrected chi connectivity index (χ1v) is 12.0. The van der Waals surface area contributed by atoms with Gasteiger partial charge in [0.25, 0.3) is 0 Å². The van der Waals surface area contributed by atoms with Crippen LogP contribution in [-0.4, -0.2) is 41.9 Å². The summed E-state index contributed by atoms with van der Waals surface area (Å²) >= 11 is 0. The smallest absolute Gasteiger partial charge is 0.188 e. The highest BCUT2D eigenvalue weighted by Gasteiger charge is 2.22. The maximum Gasteiger partial charge on any atom is 0.188 e. The van der Waals surface area contributed by atoms with Crippen LogP contribution in [0.5, 0.6) is 0 Å². The van der Waals surface area contributed by atoms with Gasteiger partial charge in [-0.3, -0.25) is 0 Å². The molecule has 3 aromatic rings. The topological polar surface area (TPSA) is 40.6 Å². The molecule has 0 unspecified atom stereocenters. The minimum Gasteiger partial charge on any atom is -0.378 e. The van der Waals surface area contributed by atoms with Gasteiger partial charge in [-0.05, 0) is 47.5 Å². The predicted molar refractivity (Wildman–Crippen MR) is 137 cm³/mol. The van der Waals surface area contributed by atoms with Crippen LogP contribution in [0.25, 0.3) is 12.2 Å². The summed E-state index contributed by atoms with van der Waals surface area (Å²) in [4.78, 5) is 4.37. The lowest BCUT2D eigenvalue weighted by atomic mass is 10.1. The first kappa shape index (κ1) is 23.4. The van der Waals surface area contributed by atoms with Crippen molar-refractivity contribution in [3.8, 4) is 0 Å². The van der Waals surface area contributed by atoms with Crippen LogP contribution < -0.4 is 9.80 Å². The second-order valence-electron chi connectivity index (χ2n) is 8.01. The van der Waals surface area contributed by atoms with E-state index in [1.54, 1.807) is 36.4 Å². The third-order valence-corrected chi connectivity index (χ3v) is 7.17. The number of rotatable bonds is 8. The zero-order valence-electron chi connectivity index (χ0n) is 19.0. The van der Waals surface area contributed by atoms with E-state index in [1.807, 2.05) is 105 Å². The van der Waals surface area contributed by atoms with Crippen LogP contribution in [0.15, 0.2) is 95.9 Å². The molecule has 0 aliphatic rings. The molecule has 0 spiro atoms. The van der Waals surface area contributed by atoms with Crippen molar-refractivity contribution < 1.29 is 8.42 Å². The minimum absolute atomic E-state index is 0.310. The number of nitrogens with zero attached hydrogens (tertiary/aromatic N) is 2. The summed E-state index contributed by atoms with van der Waals surface area (Å²) in [5, 5.41) is -0.785. The van der Waals surface area contributed by atoms with Crippen LogP contribution in [0.3, 0.4) is 0 Å². The molecular formula is C27H30N2O2S. The molecule has 0 atom stereocenters. The summed E-state index contributed by atoms with van der Waals surface area (Å²) in [6.07, 6.45) is 7.23. The van der Waals surface area contributed by atoms with E-state index in [1.165, 1.54) is 0 Å². The van der Waals surface area contributed by atoms with Gasteiger partial charge in [-0.15, -0.1) is 0 Å². The van der Waals surface area contributed by atoms with Crippen LogP contribution in [-0.2, 0) is 9.84 Å². The van der Waals surface area contributed by atoms with Crippen molar-refractivity contribution in [2.45, 2.75) is 10.1 Å². The van der Waals surface area contributed by atoms with Crippen LogP contribution in [0.2, 0.25) is 0 Å². The van der Waals surface area contributed by atoms with Crippen LogP contribution in [0.1, 0.15) is 11.1 Å². The van der Waals surface area contributed by atoms with Crippen molar-refractivity contribution in [3.05, 3.63) is 102 Å². The van der Waals surface area contributed by atoms with E-state index in [-0.39, 0.29) is 0 Å². The Kier molecular flexibility index (Phi) is 7.54. The molecule has 0 aliphatic carbocycles. The molecule has 5 heteroatoms. The Hall–Kier alpha value is -3.31. The first-order chi connectivity index (χ1) is 15.3. The van der Waals surface area contributed by atoms with Gasteiger partial charge in [0.05, 0.1) is 4.90 Å². The SMILES string of the molecule is CN(C)c1ccc(C=CC(C=Cc2ccc(N(C)C)cc2)S(=O)(=O)c2ccccc2)cc1. The maximum atomic E-state index is 13.3. The number of sulfone groups is 1. The zero-order chi connectivity index (χ0) is 23.1. The molecule has 0 bridgehead atoms. The fraction of sp³-hybridized carbons (Fsp3) is 0.185. The molecule has 166 valence electrons. The second kappa shape index (κ2) is 10.3. The van der Waals surface area contributed by atoms with Gasteiger partial charge in [-0.2, -0.15) is 0 Å². The van der Waals surface area contributed by atoms with Gasteiger partial charge >= 0.3 is 0 Å². The summed E-state index contributed by atoms with van der Waals surface area (Å²) < 4.78 is 26.7. The molecule has 0 N–H and O–H groups in total. The molecule has 0 saturated heterocycles. The summed E-state index contributed by atoms with van der Waals surface area (Å²) in [5.41, 5.74) is 4.09. The van der Waals surface area contributed by atoms with Crippen LogP contribution in [0.4, 0.5) is 11.4 Å². The molecule has 0 amide bonds. The molecule has 3 rings (SSSR count).